The molecule has 1 aromatic heterocycles. The summed E-state index contributed by atoms with van der Waals surface area (Å²) in [6.45, 7) is 9.49. The van der Waals surface area contributed by atoms with E-state index in [4.69, 9.17) is 9.47 Å². The van der Waals surface area contributed by atoms with Gasteiger partial charge in [0.2, 0.25) is 0 Å². The summed E-state index contributed by atoms with van der Waals surface area (Å²) in [7, 11) is 2.15. The van der Waals surface area contributed by atoms with Crippen LogP contribution in [0.4, 0.5) is 0 Å². The lowest BCUT2D eigenvalue weighted by atomic mass is 10.0. The van der Waals surface area contributed by atoms with Gasteiger partial charge in [0.15, 0.2) is 0 Å². The van der Waals surface area contributed by atoms with Crippen LogP contribution in [0.15, 0.2) is 12.1 Å². The Kier molecular flexibility index (Phi) is 4.43. The predicted molar refractivity (Wildman–Crippen MR) is 81.3 cm³/mol. The minimum Gasteiger partial charge on any atom is -0.377 e. The van der Waals surface area contributed by atoms with E-state index in [1.54, 1.807) is 0 Å². The Labute approximate surface area is 125 Å². The first-order valence-corrected chi connectivity index (χ1v) is 8.15. The Bertz CT molecular complexity index is 451. The molecule has 1 atom stereocenters. The number of rotatable bonds is 2. The van der Waals surface area contributed by atoms with Crippen LogP contribution in [-0.4, -0.2) is 68.4 Å². The highest BCUT2D eigenvalue weighted by Crippen LogP contribution is 2.25. The third-order valence-electron chi connectivity index (χ3n) is 4.04. The molecule has 0 aromatic carbocycles. The molecular weight excluding hydrogens is 272 g/mol. The zero-order chi connectivity index (χ0) is 14.0. The fourth-order valence-corrected chi connectivity index (χ4v) is 4.06. The molecule has 112 valence electrons. The van der Waals surface area contributed by atoms with E-state index in [9.17, 15) is 0 Å². The number of morpholine rings is 1. The summed E-state index contributed by atoms with van der Waals surface area (Å²) in [6.07, 6.45) is 0. The molecule has 3 rings (SSSR count). The summed E-state index contributed by atoms with van der Waals surface area (Å²) < 4.78 is 11.9. The average Bonchev–Trinajstić information content (AvgIpc) is 2.72. The van der Waals surface area contributed by atoms with Crippen molar-refractivity contribution < 1.29 is 9.47 Å². The van der Waals surface area contributed by atoms with Gasteiger partial charge in [0.1, 0.15) is 5.60 Å². The Hall–Kier alpha value is -0.460. The molecule has 5 heteroatoms. The van der Waals surface area contributed by atoms with Crippen LogP contribution in [0.2, 0.25) is 0 Å². The van der Waals surface area contributed by atoms with Gasteiger partial charge < -0.3 is 14.4 Å². The molecule has 4 nitrogen and oxygen atoms in total. The van der Waals surface area contributed by atoms with Gasteiger partial charge in [0.05, 0.1) is 19.8 Å². The van der Waals surface area contributed by atoms with E-state index in [-0.39, 0.29) is 5.60 Å². The van der Waals surface area contributed by atoms with Crippen molar-refractivity contribution in [2.24, 2.45) is 0 Å². The first kappa shape index (κ1) is 14.5. The average molecular weight is 296 g/mol. The molecule has 0 unspecified atom stereocenters. The van der Waals surface area contributed by atoms with Crippen molar-refractivity contribution >= 4 is 11.3 Å². The standard InChI is InChI=1S/C15H24N2O2S/c1-13-3-4-14(20-13)9-17-6-8-19-15(11-17)10-16(2)5-7-18-12-15/h3-4H,5-12H2,1-2H3/t15-/m0/s1. The van der Waals surface area contributed by atoms with Crippen molar-refractivity contribution in [3.8, 4) is 0 Å². The molecule has 2 aliphatic rings. The molecule has 2 aliphatic heterocycles. The molecule has 0 N–H and O–H groups in total. The largest absolute Gasteiger partial charge is 0.377 e. The van der Waals surface area contributed by atoms with Crippen molar-refractivity contribution in [2.45, 2.75) is 19.1 Å². The van der Waals surface area contributed by atoms with Gasteiger partial charge in [-0.3, -0.25) is 4.90 Å². The van der Waals surface area contributed by atoms with Gasteiger partial charge in [-0.25, -0.2) is 0 Å². The van der Waals surface area contributed by atoms with Gasteiger partial charge >= 0.3 is 0 Å². The molecule has 0 saturated carbocycles. The van der Waals surface area contributed by atoms with Crippen molar-refractivity contribution in [3.63, 3.8) is 0 Å². The smallest absolute Gasteiger partial charge is 0.117 e. The molecule has 0 amide bonds. The highest BCUT2D eigenvalue weighted by molar-refractivity contribution is 7.11. The van der Waals surface area contributed by atoms with Gasteiger partial charge in [-0.1, -0.05) is 0 Å². The van der Waals surface area contributed by atoms with Crippen LogP contribution in [0.25, 0.3) is 0 Å². The van der Waals surface area contributed by atoms with E-state index >= 15 is 0 Å². The van der Waals surface area contributed by atoms with Crippen LogP contribution in [0.3, 0.4) is 0 Å². The Morgan fingerprint density at radius 2 is 2.15 bits per heavy atom. The topological polar surface area (TPSA) is 24.9 Å². The van der Waals surface area contributed by atoms with Crippen LogP contribution in [0, 0.1) is 6.92 Å². The summed E-state index contributed by atoms with van der Waals surface area (Å²) in [6, 6.07) is 4.45. The fraction of sp³-hybridized carbons (Fsp3) is 0.733. The number of nitrogens with zero attached hydrogens (tertiary/aromatic N) is 2. The summed E-state index contributed by atoms with van der Waals surface area (Å²) in [5.74, 6) is 0. The Morgan fingerprint density at radius 3 is 2.95 bits per heavy atom. The molecule has 0 aliphatic carbocycles. The molecule has 2 saturated heterocycles. The Balaban J connectivity index is 1.66. The first-order valence-electron chi connectivity index (χ1n) is 7.33. The van der Waals surface area contributed by atoms with Gasteiger partial charge in [-0.15, -0.1) is 11.3 Å². The molecule has 0 radical (unpaired) electrons. The van der Waals surface area contributed by atoms with Gasteiger partial charge in [0, 0.05) is 42.5 Å². The number of likely N-dealkylation sites (N-methyl/N-ethyl adjacent to an activating group) is 1. The third-order valence-corrected chi connectivity index (χ3v) is 5.03. The number of ether oxygens (including phenoxy) is 2. The number of thiophene rings is 1. The molecule has 2 fully saturated rings. The van der Waals surface area contributed by atoms with Crippen molar-refractivity contribution in [1.82, 2.24) is 9.80 Å². The maximum absolute atomic E-state index is 6.13. The normalized spacial score (nSPS) is 29.7. The van der Waals surface area contributed by atoms with E-state index in [0.29, 0.717) is 0 Å². The summed E-state index contributed by atoms with van der Waals surface area (Å²) >= 11 is 1.90. The van der Waals surface area contributed by atoms with E-state index < -0.39 is 0 Å². The quantitative estimate of drug-likeness (QED) is 0.827. The van der Waals surface area contributed by atoms with Crippen LogP contribution in [0.1, 0.15) is 9.75 Å². The monoisotopic (exact) mass is 296 g/mol. The molecule has 0 bridgehead atoms. The maximum Gasteiger partial charge on any atom is 0.117 e. The van der Waals surface area contributed by atoms with Crippen LogP contribution < -0.4 is 0 Å². The Morgan fingerprint density at radius 1 is 1.25 bits per heavy atom. The highest BCUT2D eigenvalue weighted by Gasteiger charge is 2.39. The minimum atomic E-state index is -0.143. The van der Waals surface area contributed by atoms with E-state index in [1.165, 1.54) is 9.75 Å². The molecule has 1 spiro atoms. The second-order valence-corrected chi connectivity index (χ2v) is 7.42. The summed E-state index contributed by atoms with van der Waals surface area (Å²) in [4.78, 5) is 7.67. The third kappa shape index (κ3) is 3.40. The van der Waals surface area contributed by atoms with Gasteiger partial charge in [-0.2, -0.15) is 0 Å². The number of hydrogen-bond acceptors (Lipinski definition) is 5. The summed E-state index contributed by atoms with van der Waals surface area (Å²) in [5, 5.41) is 0. The van der Waals surface area contributed by atoms with Crippen LogP contribution in [-0.2, 0) is 16.0 Å². The van der Waals surface area contributed by atoms with Crippen LogP contribution >= 0.6 is 11.3 Å². The maximum atomic E-state index is 6.13. The summed E-state index contributed by atoms with van der Waals surface area (Å²) in [5.41, 5.74) is -0.143. The lowest BCUT2D eigenvalue weighted by Gasteiger charge is -2.42. The number of hydrogen-bond donors (Lipinski definition) is 0. The molecule has 1 aromatic rings. The van der Waals surface area contributed by atoms with Gasteiger partial charge in [0.25, 0.3) is 0 Å². The fourth-order valence-electron chi connectivity index (χ4n) is 3.13. The lowest BCUT2D eigenvalue weighted by molar-refractivity contribution is -0.141. The van der Waals surface area contributed by atoms with Crippen molar-refractivity contribution in [2.75, 3.05) is 53.0 Å². The second kappa shape index (κ2) is 6.12. The number of aryl methyl sites for hydroxylation is 1. The zero-order valence-electron chi connectivity index (χ0n) is 12.4. The van der Waals surface area contributed by atoms with E-state index in [2.05, 4.69) is 35.9 Å². The highest BCUT2D eigenvalue weighted by atomic mass is 32.1. The zero-order valence-corrected chi connectivity index (χ0v) is 13.2. The van der Waals surface area contributed by atoms with Gasteiger partial charge in [-0.05, 0) is 26.1 Å². The van der Waals surface area contributed by atoms with E-state index in [1.807, 2.05) is 11.3 Å². The second-order valence-electron chi connectivity index (χ2n) is 6.04. The molecule has 20 heavy (non-hydrogen) atoms. The van der Waals surface area contributed by atoms with E-state index in [0.717, 1.165) is 52.5 Å². The predicted octanol–water partition coefficient (Wildman–Crippen LogP) is 1.59. The van der Waals surface area contributed by atoms with Crippen molar-refractivity contribution in [3.05, 3.63) is 21.9 Å². The lowest BCUT2D eigenvalue weighted by Crippen LogP contribution is -2.58. The first-order chi connectivity index (χ1) is 9.65. The SMILES string of the molecule is Cc1ccc(CN2CCO[C@]3(COCCN(C)C3)C2)s1. The molecule has 3 heterocycles. The minimum absolute atomic E-state index is 0.143. The van der Waals surface area contributed by atoms with Crippen LogP contribution in [0.5, 0.6) is 0 Å². The van der Waals surface area contributed by atoms with Crippen molar-refractivity contribution in [1.29, 1.82) is 0 Å². The molecular formula is C15H24N2O2S.